The lowest BCUT2D eigenvalue weighted by atomic mass is 10.3. The summed E-state index contributed by atoms with van der Waals surface area (Å²) in [4.78, 5) is 23.2. The zero-order chi connectivity index (χ0) is 17.9. The molecule has 0 unspecified atom stereocenters. The number of hydrogen-bond donors (Lipinski definition) is 2. The van der Waals surface area contributed by atoms with E-state index < -0.39 is 0 Å². The monoisotopic (exact) mass is 352 g/mol. The average molecular weight is 353 g/mol. The molecule has 25 heavy (non-hydrogen) atoms. The van der Waals surface area contributed by atoms with Crippen LogP contribution in [0.15, 0.2) is 4.99 Å². The molecule has 0 bridgehead atoms. The number of likely N-dealkylation sites (N-methyl/N-ethyl adjacent to an activating group) is 1. The number of amides is 1. The Morgan fingerprint density at radius 3 is 2.44 bits per heavy atom. The summed E-state index contributed by atoms with van der Waals surface area (Å²) in [5.41, 5.74) is 0. The predicted molar refractivity (Wildman–Crippen MR) is 103 cm³/mol. The summed E-state index contributed by atoms with van der Waals surface area (Å²) in [6, 6.07) is 0. The molecule has 7 nitrogen and oxygen atoms in total. The van der Waals surface area contributed by atoms with Gasteiger partial charge in [0, 0.05) is 71.9 Å². The second kappa shape index (κ2) is 11.3. The van der Waals surface area contributed by atoms with E-state index in [4.69, 9.17) is 0 Å². The van der Waals surface area contributed by atoms with Crippen LogP contribution in [0.5, 0.6) is 0 Å². The molecule has 2 rings (SSSR count). The summed E-state index contributed by atoms with van der Waals surface area (Å²) in [7, 11) is 0. The summed E-state index contributed by atoms with van der Waals surface area (Å²) in [5, 5.41) is 6.74. The van der Waals surface area contributed by atoms with Crippen LogP contribution in [0, 0.1) is 0 Å². The second-order valence-corrected chi connectivity index (χ2v) is 6.80. The van der Waals surface area contributed by atoms with Gasteiger partial charge in [0.2, 0.25) is 5.91 Å². The lowest BCUT2D eigenvalue weighted by molar-refractivity contribution is -0.127. The number of nitrogens with zero attached hydrogens (tertiary/aromatic N) is 4. The van der Waals surface area contributed by atoms with E-state index in [9.17, 15) is 4.79 Å². The zero-order valence-electron chi connectivity index (χ0n) is 16.1. The Kier molecular flexibility index (Phi) is 9.04. The maximum absolute atomic E-state index is 11.6. The quantitative estimate of drug-likeness (QED) is 0.352. The molecular formula is C18H36N6O. The van der Waals surface area contributed by atoms with Crippen molar-refractivity contribution in [1.82, 2.24) is 25.3 Å². The number of aliphatic imine (C=N–C) groups is 1. The first-order valence-corrected chi connectivity index (χ1v) is 9.97. The normalized spacial score (nSPS) is 20.3. The summed E-state index contributed by atoms with van der Waals surface area (Å²) in [5.74, 6) is 1.19. The molecule has 0 aliphatic carbocycles. The Morgan fingerprint density at radius 1 is 1.04 bits per heavy atom. The Balaban J connectivity index is 1.61. The minimum atomic E-state index is 0.303. The number of rotatable bonds is 9. The molecule has 1 amide bonds. The van der Waals surface area contributed by atoms with Crippen molar-refractivity contribution >= 4 is 11.9 Å². The number of hydrogen-bond acceptors (Lipinski definition) is 4. The molecule has 2 N–H and O–H groups in total. The van der Waals surface area contributed by atoms with E-state index in [1.54, 1.807) is 0 Å². The predicted octanol–water partition coefficient (Wildman–Crippen LogP) is 0.192. The molecule has 7 heteroatoms. The van der Waals surface area contributed by atoms with E-state index in [-0.39, 0.29) is 0 Å². The van der Waals surface area contributed by atoms with Crippen molar-refractivity contribution in [3.63, 3.8) is 0 Å². The van der Waals surface area contributed by atoms with Gasteiger partial charge < -0.3 is 20.4 Å². The molecule has 2 aliphatic rings. The Labute approximate surface area is 152 Å². The summed E-state index contributed by atoms with van der Waals surface area (Å²) in [6.07, 6.45) is 2.67. The Morgan fingerprint density at radius 2 is 1.80 bits per heavy atom. The van der Waals surface area contributed by atoms with Crippen LogP contribution in [0.2, 0.25) is 0 Å². The zero-order valence-corrected chi connectivity index (χ0v) is 16.1. The molecule has 0 aromatic heterocycles. The molecule has 2 saturated heterocycles. The number of carbonyl (C=O) groups excluding carboxylic acids is 1. The van der Waals surface area contributed by atoms with E-state index in [1.165, 1.54) is 13.1 Å². The van der Waals surface area contributed by atoms with Crippen LogP contribution in [-0.4, -0.2) is 98.6 Å². The number of likely N-dealkylation sites (tertiary alicyclic amines) is 1. The maximum atomic E-state index is 11.6. The van der Waals surface area contributed by atoms with E-state index in [1.807, 2.05) is 4.90 Å². The molecule has 0 radical (unpaired) electrons. The fraction of sp³-hybridized carbons (Fsp3) is 0.889. The number of piperazine rings is 1. The molecular weight excluding hydrogens is 316 g/mol. The Hall–Kier alpha value is -1.34. The van der Waals surface area contributed by atoms with Gasteiger partial charge in [-0.1, -0.05) is 6.92 Å². The third-order valence-electron chi connectivity index (χ3n) is 5.00. The van der Waals surface area contributed by atoms with Gasteiger partial charge in [-0.2, -0.15) is 0 Å². The summed E-state index contributed by atoms with van der Waals surface area (Å²) < 4.78 is 0. The SMILES string of the molecule is CCNC(=NCCCN1CCCC1=O)NCCN1CCN(CC)CC1. The van der Waals surface area contributed by atoms with Crippen molar-refractivity contribution in [3.8, 4) is 0 Å². The fourth-order valence-corrected chi connectivity index (χ4v) is 3.40. The minimum Gasteiger partial charge on any atom is -0.357 e. The topological polar surface area (TPSA) is 63.2 Å². The number of nitrogens with one attached hydrogen (secondary N) is 2. The highest BCUT2D eigenvalue weighted by atomic mass is 16.2. The standard InChI is InChI=1S/C18H36N6O/c1-3-19-18(20-8-6-11-24-10-5-7-17(24)25)21-9-12-23-15-13-22(4-2)14-16-23/h3-16H2,1-2H3,(H2,19,20,21). The molecule has 0 aromatic rings. The van der Waals surface area contributed by atoms with Gasteiger partial charge in [0.1, 0.15) is 0 Å². The van der Waals surface area contributed by atoms with Crippen molar-refractivity contribution in [3.05, 3.63) is 0 Å². The van der Waals surface area contributed by atoms with Gasteiger partial charge in [0.15, 0.2) is 5.96 Å². The van der Waals surface area contributed by atoms with Crippen molar-refractivity contribution in [2.45, 2.75) is 33.1 Å². The van der Waals surface area contributed by atoms with Gasteiger partial charge in [-0.25, -0.2) is 0 Å². The van der Waals surface area contributed by atoms with Crippen LogP contribution in [0.1, 0.15) is 33.1 Å². The minimum absolute atomic E-state index is 0.303. The van der Waals surface area contributed by atoms with Crippen molar-refractivity contribution < 1.29 is 4.79 Å². The van der Waals surface area contributed by atoms with Crippen LogP contribution < -0.4 is 10.6 Å². The Bertz CT molecular complexity index is 420. The molecule has 0 saturated carbocycles. The molecule has 2 fully saturated rings. The van der Waals surface area contributed by atoms with Gasteiger partial charge >= 0.3 is 0 Å². The molecule has 144 valence electrons. The van der Waals surface area contributed by atoms with Gasteiger partial charge in [-0.15, -0.1) is 0 Å². The van der Waals surface area contributed by atoms with Crippen LogP contribution in [-0.2, 0) is 4.79 Å². The second-order valence-electron chi connectivity index (χ2n) is 6.80. The third kappa shape index (κ3) is 7.20. The van der Waals surface area contributed by atoms with Gasteiger partial charge in [0.05, 0.1) is 0 Å². The number of carbonyl (C=O) groups is 1. The molecule has 2 aliphatic heterocycles. The molecule has 2 heterocycles. The van der Waals surface area contributed by atoms with Crippen LogP contribution >= 0.6 is 0 Å². The third-order valence-corrected chi connectivity index (χ3v) is 5.00. The highest BCUT2D eigenvalue weighted by Gasteiger charge is 2.19. The molecule has 0 spiro atoms. The van der Waals surface area contributed by atoms with Crippen LogP contribution in [0.25, 0.3) is 0 Å². The average Bonchev–Trinajstić information content (AvgIpc) is 3.04. The van der Waals surface area contributed by atoms with Gasteiger partial charge in [0.25, 0.3) is 0 Å². The first kappa shape index (κ1) is 20.0. The lowest BCUT2D eigenvalue weighted by Gasteiger charge is -2.34. The summed E-state index contributed by atoms with van der Waals surface area (Å²) >= 11 is 0. The van der Waals surface area contributed by atoms with Crippen molar-refractivity contribution in [2.75, 3.05) is 72.0 Å². The van der Waals surface area contributed by atoms with E-state index in [2.05, 4.69) is 39.3 Å². The largest absolute Gasteiger partial charge is 0.357 e. The van der Waals surface area contributed by atoms with Gasteiger partial charge in [-0.3, -0.25) is 14.7 Å². The van der Waals surface area contributed by atoms with Crippen molar-refractivity contribution in [2.24, 2.45) is 4.99 Å². The van der Waals surface area contributed by atoms with Gasteiger partial charge in [-0.05, 0) is 26.3 Å². The first-order chi connectivity index (χ1) is 12.2. The number of guanidine groups is 1. The smallest absolute Gasteiger partial charge is 0.222 e. The highest BCUT2D eigenvalue weighted by Crippen LogP contribution is 2.09. The first-order valence-electron chi connectivity index (χ1n) is 9.97. The highest BCUT2D eigenvalue weighted by molar-refractivity contribution is 5.79. The lowest BCUT2D eigenvalue weighted by Crippen LogP contribution is -2.49. The molecule has 0 aromatic carbocycles. The van der Waals surface area contributed by atoms with E-state index >= 15 is 0 Å². The van der Waals surface area contributed by atoms with E-state index in [0.717, 1.165) is 84.1 Å². The van der Waals surface area contributed by atoms with Crippen molar-refractivity contribution in [1.29, 1.82) is 0 Å². The maximum Gasteiger partial charge on any atom is 0.222 e. The van der Waals surface area contributed by atoms with E-state index in [0.29, 0.717) is 5.91 Å². The summed E-state index contributed by atoms with van der Waals surface area (Å²) in [6.45, 7) is 15.5. The van der Waals surface area contributed by atoms with Crippen LogP contribution in [0.4, 0.5) is 0 Å². The fourth-order valence-electron chi connectivity index (χ4n) is 3.40. The van der Waals surface area contributed by atoms with Crippen LogP contribution in [0.3, 0.4) is 0 Å². The molecule has 0 atom stereocenters.